The van der Waals surface area contributed by atoms with E-state index >= 15 is 0 Å². The van der Waals surface area contributed by atoms with E-state index in [1.54, 1.807) is 13.0 Å². The molecule has 112 valence electrons. The first kappa shape index (κ1) is 15.4. The lowest BCUT2D eigenvalue weighted by molar-refractivity contribution is 0.560. The molecule has 0 fully saturated rings. The Balaban J connectivity index is 2.30. The van der Waals surface area contributed by atoms with Gasteiger partial charge in [-0.15, -0.1) is 0 Å². The van der Waals surface area contributed by atoms with E-state index in [4.69, 9.17) is 5.14 Å². The van der Waals surface area contributed by atoms with E-state index in [-0.39, 0.29) is 17.0 Å². The highest BCUT2D eigenvalue weighted by atomic mass is 32.2. The van der Waals surface area contributed by atoms with Crippen LogP contribution in [0.2, 0.25) is 0 Å². The maximum atomic E-state index is 13.5. The van der Waals surface area contributed by atoms with Crippen molar-refractivity contribution in [3.05, 3.63) is 59.2 Å². The second-order valence-electron chi connectivity index (χ2n) is 4.53. The van der Waals surface area contributed by atoms with Gasteiger partial charge in [0.2, 0.25) is 10.0 Å². The second kappa shape index (κ2) is 5.79. The quantitative estimate of drug-likeness (QED) is 0.911. The molecule has 0 saturated carbocycles. The summed E-state index contributed by atoms with van der Waals surface area (Å²) in [5.74, 6) is -1.33. The molecule has 0 aliphatic rings. The Bertz CT molecular complexity index is 756. The zero-order chi connectivity index (χ0) is 15.6. The standard InChI is InChI=1S/C14H14F2N2O2S/c1-9-13(6-3-7-14(9)21(17,19)20)18-8-10-11(15)4-2-5-12(10)16/h2-7,18H,8H2,1H3,(H2,17,19,20). The number of nitrogens with one attached hydrogen (secondary N) is 1. The largest absolute Gasteiger partial charge is 0.380 e. The van der Waals surface area contributed by atoms with Crippen LogP contribution in [0.3, 0.4) is 0 Å². The summed E-state index contributed by atoms with van der Waals surface area (Å²) in [7, 11) is -3.84. The highest BCUT2D eigenvalue weighted by molar-refractivity contribution is 7.89. The van der Waals surface area contributed by atoms with Gasteiger partial charge in [0, 0.05) is 17.8 Å². The first-order chi connectivity index (χ1) is 9.80. The predicted molar refractivity (Wildman–Crippen MR) is 76.2 cm³/mol. The van der Waals surface area contributed by atoms with Crippen LogP contribution in [0.4, 0.5) is 14.5 Å². The van der Waals surface area contributed by atoms with E-state index in [0.29, 0.717) is 11.3 Å². The van der Waals surface area contributed by atoms with Crippen LogP contribution in [-0.4, -0.2) is 8.42 Å². The van der Waals surface area contributed by atoms with Gasteiger partial charge in [-0.05, 0) is 36.8 Å². The van der Waals surface area contributed by atoms with Crippen LogP contribution < -0.4 is 10.5 Å². The molecule has 2 rings (SSSR count). The highest BCUT2D eigenvalue weighted by Crippen LogP contribution is 2.23. The minimum atomic E-state index is -3.84. The van der Waals surface area contributed by atoms with Gasteiger partial charge in [0.1, 0.15) is 11.6 Å². The number of benzene rings is 2. The summed E-state index contributed by atoms with van der Waals surface area (Å²) in [5.41, 5.74) is 0.735. The molecule has 0 heterocycles. The van der Waals surface area contributed by atoms with Crippen LogP contribution in [0, 0.1) is 18.6 Å². The first-order valence-corrected chi connectivity index (χ1v) is 7.64. The molecule has 0 unspecified atom stereocenters. The number of halogens is 2. The van der Waals surface area contributed by atoms with Crippen molar-refractivity contribution in [3.63, 3.8) is 0 Å². The van der Waals surface area contributed by atoms with E-state index in [0.717, 1.165) is 12.1 Å². The van der Waals surface area contributed by atoms with Crippen molar-refractivity contribution in [2.45, 2.75) is 18.4 Å². The Labute approximate surface area is 121 Å². The van der Waals surface area contributed by atoms with Gasteiger partial charge in [-0.1, -0.05) is 12.1 Å². The maximum absolute atomic E-state index is 13.5. The van der Waals surface area contributed by atoms with Gasteiger partial charge in [-0.25, -0.2) is 22.3 Å². The molecule has 2 aromatic carbocycles. The molecule has 0 radical (unpaired) electrons. The smallest absolute Gasteiger partial charge is 0.238 e. The third-order valence-electron chi connectivity index (χ3n) is 3.11. The highest BCUT2D eigenvalue weighted by Gasteiger charge is 2.14. The lowest BCUT2D eigenvalue weighted by atomic mass is 10.1. The Morgan fingerprint density at radius 2 is 1.67 bits per heavy atom. The summed E-state index contributed by atoms with van der Waals surface area (Å²) >= 11 is 0. The molecule has 0 spiro atoms. The Hall–Kier alpha value is -1.99. The second-order valence-corrected chi connectivity index (χ2v) is 6.06. The number of hydrogen-bond acceptors (Lipinski definition) is 3. The van der Waals surface area contributed by atoms with Gasteiger partial charge in [0.25, 0.3) is 0 Å². The van der Waals surface area contributed by atoms with Gasteiger partial charge in [-0.2, -0.15) is 0 Å². The van der Waals surface area contributed by atoms with Gasteiger partial charge in [0.15, 0.2) is 0 Å². The van der Waals surface area contributed by atoms with E-state index in [9.17, 15) is 17.2 Å². The number of rotatable bonds is 4. The number of nitrogens with two attached hydrogens (primary N) is 1. The Morgan fingerprint density at radius 1 is 1.10 bits per heavy atom. The number of sulfonamides is 1. The van der Waals surface area contributed by atoms with Crippen LogP contribution in [0.15, 0.2) is 41.3 Å². The molecular weight excluding hydrogens is 298 g/mol. The monoisotopic (exact) mass is 312 g/mol. The maximum Gasteiger partial charge on any atom is 0.238 e. The van der Waals surface area contributed by atoms with Crippen molar-refractivity contribution in [3.8, 4) is 0 Å². The van der Waals surface area contributed by atoms with Crippen LogP contribution >= 0.6 is 0 Å². The third-order valence-corrected chi connectivity index (χ3v) is 4.16. The summed E-state index contributed by atoms with van der Waals surface area (Å²) in [5, 5.41) is 7.93. The Morgan fingerprint density at radius 3 is 2.24 bits per heavy atom. The molecule has 0 amide bonds. The van der Waals surface area contributed by atoms with Crippen LogP contribution in [-0.2, 0) is 16.6 Å². The summed E-state index contributed by atoms with van der Waals surface area (Å²) in [4.78, 5) is -0.0264. The molecule has 2 aromatic rings. The first-order valence-electron chi connectivity index (χ1n) is 6.10. The fourth-order valence-corrected chi connectivity index (χ4v) is 2.80. The topological polar surface area (TPSA) is 72.2 Å². The molecule has 0 bridgehead atoms. The van der Waals surface area contributed by atoms with Crippen LogP contribution in [0.1, 0.15) is 11.1 Å². The van der Waals surface area contributed by atoms with Crippen LogP contribution in [0.25, 0.3) is 0 Å². The molecule has 0 aromatic heterocycles. The van der Waals surface area contributed by atoms with Crippen molar-refractivity contribution >= 4 is 15.7 Å². The molecule has 7 heteroatoms. The summed E-state index contributed by atoms with van der Waals surface area (Å²) in [6.07, 6.45) is 0. The van der Waals surface area contributed by atoms with Crippen LogP contribution in [0.5, 0.6) is 0 Å². The number of anilines is 1. The third kappa shape index (κ3) is 3.37. The minimum absolute atomic E-state index is 0.0264. The minimum Gasteiger partial charge on any atom is -0.380 e. The summed E-state index contributed by atoms with van der Waals surface area (Å²) in [6.45, 7) is 1.47. The van der Waals surface area contributed by atoms with Crippen molar-refractivity contribution in [2.75, 3.05) is 5.32 Å². The van der Waals surface area contributed by atoms with E-state index < -0.39 is 21.7 Å². The molecule has 3 N–H and O–H groups in total. The van der Waals surface area contributed by atoms with E-state index in [1.165, 1.54) is 18.2 Å². The zero-order valence-electron chi connectivity index (χ0n) is 11.2. The summed E-state index contributed by atoms with van der Waals surface area (Å²) < 4.78 is 49.9. The average molecular weight is 312 g/mol. The van der Waals surface area contributed by atoms with Gasteiger partial charge in [0.05, 0.1) is 4.90 Å². The molecule has 0 aliphatic carbocycles. The fraction of sp³-hybridized carbons (Fsp3) is 0.143. The van der Waals surface area contributed by atoms with E-state index in [1.807, 2.05) is 0 Å². The lowest BCUT2D eigenvalue weighted by Crippen LogP contribution is -2.15. The number of hydrogen-bond donors (Lipinski definition) is 2. The average Bonchev–Trinajstić information content (AvgIpc) is 2.38. The Kier molecular flexibility index (Phi) is 4.24. The zero-order valence-corrected chi connectivity index (χ0v) is 12.0. The van der Waals surface area contributed by atoms with Crippen molar-refractivity contribution in [2.24, 2.45) is 5.14 Å². The van der Waals surface area contributed by atoms with Crippen molar-refractivity contribution < 1.29 is 17.2 Å². The molecule has 0 aliphatic heterocycles. The van der Waals surface area contributed by atoms with Crippen molar-refractivity contribution in [1.82, 2.24) is 0 Å². The van der Waals surface area contributed by atoms with Crippen molar-refractivity contribution in [1.29, 1.82) is 0 Å². The number of primary sulfonamides is 1. The lowest BCUT2D eigenvalue weighted by Gasteiger charge is -2.13. The SMILES string of the molecule is Cc1c(NCc2c(F)cccc2F)cccc1S(N)(=O)=O. The molecule has 21 heavy (non-hydrogen) atoms. The van der Waals surface area contributed by atoms with Gasteiger partial charge in [-0.3, -0.25) is 0 Å². The normalized spacial score (nSPS) is 11.4. The summed E-state index contributed by atoms with van der Waals surface area (Å²) in [6, 6.07) is 8.09. The fourth-order valence-electron chi connectivity index (χ4n) is 2.00. The van der Waals surface area contributed by atoms with Gasteiger partial charge < -0.3 is 5.32 Å². The molecule has 0 atom stereocenters. The van der Waals surface area contributed by atoms with Gasteiger partial charge >= 0.3 is 0 Å². The van der Waals surface area contributed by atoms with E-state index in [2.05, 4.69) is 5.32 Å². The molecular formula is C14H14F2N2O2S. The predicted octanol–water partition coefficient (Wildman–Crippen LogP) is 2.53. The molecule has 0 saturated heterocycles. The molecule has 4 nitrogen and oxygen atoms in total.